The van der Waals surface area contributed by atoms with Crippen LogP contribution in [0.15, 0.2) is 45.6 Å². The Hall–Kier alpha value is -2.82. The number of carbonyl (C=O) groups is 1. The minimum atomic E-state index is -1.28. The first-order valence-corrected chi connectivity index (χ1v) is 6.38. The minimum Gasteiger partial charge on any atom is -0.477 e. The first kappa shape index (κ1) is 13.2. The van der Waals surface area contributed by atoms with Gasteiger partial charge in [-0.2, -0.15) is 0 Å². The van der Waals surface area contributed by atoms with E-state index in [1.54, 1.807) is 6.07 Å². The Morgan fingerprint density at radius 2 is 1.81 bits per heavy atom. The van der Waals surface area contributed by atoms with Crippen molar-refractivity contribution in [1.82, 2.24) is 0 Å². The third-order valence-corrected chi connectivity index (χ3v) is 3.45. The van der Waals surface area contributed by atoms with E-state index < -0.39 is 11.6 Å². The van der Waals surface area contributed by atoms with Crippen LogP contribution in [0, 0.1) is 0 Å². The maximum absolute atomic E-state index is 11.7. The Bertz CT molecular complexity index is 925. The van der Waals surface area contributed by atoms with Crippen LogP contribution in [-0.4, -0.2) is 25.2 Å². The first-order chi connectivity index (χ1) is 9.97. The summed E-state index contributed by atoms with van der Waals surface area (Å²) in [5, 5.41) is 11.3. The highest BCUT2D eigenvalue weighted by molar-refractivity contribution is 6.06. The topological polar surface area (TPSA) is 70.8 Å². The van der Waals surface area contributed by atoms with E-state index in [-0.39, 0.29) is 5.56 Å². The molecule has 1 N–H and O–H groups in total. The van der Waals surface area contributed by atoms with Gasteiger partial charge in [0.1, 0.15) is 11.1 Å². The zero-order chi connectivity index (χ0) is 15.1. The number of aromatic carboxylic acids is 1. The maximum atomic E-state index is 11.7. The van der Waals surface area contributed by atoms with E-state index in [0.29, 0.717) is 11.0 Å². The lowest BCUT2D eigenvalue weighted by atomic mass is 10.1. The number of carboxylic acid groups (broad SMARTS) is 1. The number of carboxylic acids is 1. The SMILES string of the molecule is CN(C)c1ccc2c(ccc3cc(C(=O)O)c(=O)oc32)c1. The molecule has 0 aliphatic rings. The van der Waals surface area contributed by atoms with Gasteiger partial charge in [-0.05, 0) is 29.7 Å². The van der Waals surface area contributed by atoms with Crippen molar-refractivity contribution in [2.45, 2.75) is 0 Å². The largest absolute Gasteiger partial charge is 0.477 e. The van der Waals surface area contributed by atoms with Crippen molar-refractivity contribution >= 4 is 33.4 Å². The summed E-state index contributed by atoms with van der Waals surface area (Å²) in [6, 6.07) is 10.8. The van der Waals surface area contributed by atoms with Gasteiger partial charge in [0.15, 0.2) is 0 Å². The van der Waals surface area contributed by atoms with Crippen LogP contribution < -0.4 is 10.5 Å². The van der Waals surface area contributed by atoms with Gasteiger partial charge in [-0.3, -0.25) is 0 Å². The number of hydrogen-bond donors (Lipinski definition) is 1. The van der Waals surface area contributed by atoms with E-state index in [9.17, 15) is 9.59 Å². The molecule has 5 nitrogen and oxygen atoms in total. The molecule has 2 aromatic carbocycles. The van der Waals surface area contributed by atoms with Gasteiger partial charge in [-0.25, -0.2) is 9.59 Å². The summed E-state index contributed by atoms with van der Waals surface area (Å²) in [4.78, 5) is 24.7. The smallest absolute Gasteiger partial charge is 0.351 e. The van der Waals surface area contributed by atoms with E-state index in [0.717, 1.165) is 16.5 Å². The van der Waals surface area contributed by atoms with Crippen LogP contribution in [0.3, 0.4) is 0 Å². The van der Waals surface area contributed by atoms with Crippen LogP contribution in [-0.2, 0) is 0 Å². The van der Waals surface area contributed by atoms with Gasteiger partial charge >= 0.3 is 11.6 Å². The first-order valence-electron chi connectivity index (χ1n) is 6.38. The lowest BCUT2D eigenvalue weighted by Gasteiger charge is -2.13. The van der Waals surface area contributed by atoms with Gasteiger partial charge in [0.25, 0.3) is 0 Å². The van der Waals surface area contributed by atoms with E-state index in [1.807, 2.05) is 43.3 Å². The summed E-state index contributed by atoms with van der Waals surface area (Å²) in [5.74, 6) is -1.28. The summed E-state index contributed by atoms with van der Waals surface area (Å²) < 4.78 is 5.22. The van der Waals surface area contributed by atoms with Gasteiger partial charge in [-0.1, -0.05) is 12.1 Å². The van der Waals surface area contributed by atoms with Crippen LogP contribution in [0.2, 0.25) is 0 Å². The summed E-state index contributed by atoms with van der Waals surface area (Å²) in [6.07, 6.45) is 0. The zero-order valence-electron chi connectivity index (χ0n) is 11.6. The molecule has 1 heterocycles. The lowest BCUT2D eigenvalue weighted by Crippen LogP contribution is -2.13. The molecule has 21 heavy (non-hydrogen) atoms. The Labute approximate surface area is 120 Å². The van der Waals surface area contributed by atoms with Crippen molar-refractivity contribution in [2.75, 3.05) is 19.0 Å². The Balaban J connectivity index is 2.36. The van der Waals surface area contributed by atoms with E-state index in [4.69, 9.17) is 9.52 Å². The van der Waals surface area contributed by atoms with Gasteiger partial charge in [-0.15, -0.1) is 0 Å². The molecule has 3 rings (SSSR count). The molecule has 0 atom stereocenters. The highest BCUT2D eigenvalue weighted by atomic mass is 16.4. The summed E-state index contributed by atoms with van der Waals surface area (Å²) in [5.41, 5.74) is 0.255. The predicted octanol–water partition coefficient (Wildman–Crippen LogP) is 2.71. The van der Waals surface area contributed by atoms with Crippen LogP contribution >= 0.6 is 0 Å². The number of nitrogens with zero attached hydrogens (tertiary/aromatic N) is 1. The van der Waals surface area contributed by atoms with Gasteiger partial charge < -0.3 is 14.4 Å². The average molecular weight is 283 g/mol. The van der Waals surface area contributed by atoms with Crippen molar-refractivity contribution < 1.29 is 14.3 Å². The predicted molar refractivity (Wildman–Crippen MR) is 81.3 cm³/mol. The standard InChI is InChI=1S/C16H13NO4/c1-17(2)11-5-6-12-9(7-11)3-4-10-8-13(15(18)19)16(20)21-14(10)12/h3-8H,1-2H3,(H,18,19). The second-order valence-electron chi connectivity index (χ2n) is 5.04. The van der Waals surface area contributed by atoms with Crippen LogP contribution in [0.4, 0.5) is 5.69 Å². The van der Waals surface area contributed by atoms with Crippen molar-refractivity contribution in [3.8, 4) is 0 Å². The van der Waals surface area contributed by atoms with Crippen molar-refractivity contribution in [2.24, 2.45) is 0 Å². The second kappa shape index (κ2) is 4.63. The third kappa shape index (κ3) is 2.12. The minimum absolute atomic E-state index is 0.355. The number of rotatable bonds is 2. The van der Waals surface area contributed by atoms with Crippen LogP contribution in [0.1, 0.15) is 10.4 Å². The molecule has 0 saturated heterocycles. The molecule has 1 aromatic heterocycles. The highest BCUT2D eigenvalue weighted by Crippen LogP contribution is 2.28. The fourth-order valence-electron chi connectivity index (χ4n) is 2.32. The van der Waals surface area contributed by atoms with E-state index >= 15 is 0 Å². The molecule has 0 radical (unpaired) electrons. The summed E-state index contributed by atoms with van der Waals surface area (Å²) in [7, 11) is 3.89. The molecule has 106 valence electrons. The molecule has 0 spiro atoms. The monoisotopic (exact) mass is 283 g/mol. The fraction of sp³-hybridized carbons (Fsp3) is 0.125. The van der Waals surface area contributed by atoms with Gasteiger partial charge in [0, 0.05) is 30.6 Å². The number of fused-ring (bicyclic) bond motifs is 3. The van der Waals surface area contributed by atoms with Crippen molar-refractivity contribution in [3.05, 3.63) is 52.4 Å². The highest BCUT2D eigenvalue weighted by Gasteiger charge is 2.13. The molecule has 0 bridgehead atoms. The Morgan fingerprint density at radius 3 is 2.48 bits per heavy atom. The molecule has 0 unspecified atom stereocenters. The second-order valence-corrected chi connectivity index (χ2v) is 5.04. The molecule has 0 amide bonds. The summed E-state index contributed by atoms with van der Waals surface area (Å²) in [6.45, 7) is 0. The van der Waals surface area contributed by atoms with Gasteiger partial charge in [0.2, 0.25) is 0 Å². The number of hydrogen-bond acceptors (Lipinski definition) is 4. The zero-order valence-corrected chi connectivity index (χ0v) is 11.6. The normalized spacial score (nSPS) is 11.0. The maximum Gasteiger partial charge on any atom is 0.351 e. The molecule has 5 heteroatoms. The number of benzene rings is 2. The lowest BCUT2D eigenvalue weighted by molar-refractivity contribution is 0.0692. The fourth-order valence-corrected chi connectivity index (χ4v) is 2.32. The summed E-state index contributed by atoms with van der Waals surface area (Å²) >= 11 is 0. The third-order valence-electron chi connectivity index (χ3n) is 3.45. The van der Waals surface area contributed by atoms with Gasteiger partial charge in [0.05, 0.1) is 0 Å². The molecular formula is C16H13NO4. The van der Waals surface area contributed by atoms with Crippen molar-refractivity contribution in [1.29, 1.82) is 0 Å². The average Bonchev–Trinajstić information content (AvgIpc) is 2.45. The molecule has 0 fully saturated rings. The molecule has 0 aliphatic heterocycles. The Kier molecular flexibility index (Phi) is 2.90. The Morgan fingerprint density at radius 1 is 1.10 bits per heavy atom. The van der Waals surface area contributed by atoms with Crippen LogP contribution in [0.5, 0.6) is 0 Å². The van der Waals surface area contributed by atoms with E-state index in [1.165, 1.54) is 6.07 Å². The molecular weight excluding hydrogens is 270 g/mol. The van der Waals surface area contributed by atoms with Crippen LogP contribution in [0.25, 0.3) is 21.7 Å². The molecule has 0 saturated carbocycles. The quantitative estimate of drug-likeness (QED) is 0.578. The molecule has 3 aromatic rings. The molecule has 0 aliphatic carbocycles. The van der Waals surface area contributed by atoms with Crippen molar-refractivity contribution in [3.63, 3.8) is 0 Å². The number of anilines is 1. The van der Waals surface area contributed by atoms with E-state index in [2.05, 4.69) is 0 Å².